The van der Waals surface area contributed by atoms with E-state index in [-0.39, 0.29) is 0 Å². The summed E-state index contributed by atoms with van der Waals surface area (Å²) < 4.78 is 0. The lowest BCUT2D eigenvalue weighted by atomic mass is 10.1. The minimum absolute atomic E-state index is 0.972. The fourth-order valence-electron chi connectivity index (χ4n) is 2.65. The summed E-state index contributed by atoms with van der Waals surface area (Å²) in [4.78, 5) is 9.29. The van der Waals surface area contributed by atoms with E-state index in [1.807, 2.05) is 0 Å². The smallest absolute Gasteiger partial charge is 0.0809 e. The molecule has 0 atom stereocenters. The van der Waals surface area contributed by atoms with Gasteiger partial charge in [0.2, 0.25) is 0 Å². The summed E-state index contributed by atoms with van der Waals surface area (Å²) in [5.41, 5.74) is 6.62. The molecule has 0 fully saturated rings. The van der Waals surface area contributed by atoms with Crippen LogP contribution < -0.4 is 0 Å². The molecule has 0 bridgehead atoms. The molecule has 0 aliphatic carbocycles. The highest BCUT2D eigenvalue weighted by atomic mass is 32.1. The Bertz CT molecular complexity index is 981. The van der Waals surface area contributed by atoms with E-state index in [0.29, 0.717) is 0 Å². The van der Waals surface area contributed by atoms with Crippen molar-refractivity contribution in [3.8, 4) is 0 Å². The number of hydrogen-bond donors (Lipinski definition) is 1. The molecule has 4 rings (SSSR count). The molecule has 3 heteroatoms. The maximum atomic E-state index is 4.68. The summed E-state index contributed by atoms with van der Waals surface area (Å²) >= 11 is 1.71. The quantitative estimate of drug-likeness (QED) is 0.606. The number of H-pyrrole nitrogens is 1. The van der Waals surface area contributed by atoms with Crippen molar-refractivity contribution >= 4 is 35.3 Å². The number of aromatic amines is 1. The first kappa shape index (κ1) is 15.6. The lowest BCUT2D eigenvalue weighted by molar-refractivity contribution is 1.33. The predicted octanol–water partition coefficient (Wildman–Crippen LogP) is 5.96. The Labute approximate surface area is 151 Å². The van der Waals surface area contributed by atoms with Crippen LogP contribution in [0.2, 0.25) is 0 Å². The van der Waals surface area contributed by atoms with E-state index in [1.54, 1.807) is 11.3 Å². The van der Waals surface area contributed by atoms with Gasteiger partial charge in [0.25, 0.3) is 0 Å². The summed E-state index contributed by atoms with van der Waals surface area (Å²) in [5, 5.41) is 2.07. The van der Waals surface area contributed by atoms with E-state index in [9.17, 15) is 0 Å². The molecule has 1 aliphatic rings. The van der Waals surface area contributed by atoms with Crippen LogP contribution >= 0.6 is 11.3 Å². The highest BCUT2D eigenvalue weighted by molar-refractivity contribution is 7.12. The first-order valence-electron chi connectivity index (χ1n) is 8.22. The topological polar surface area (TPSA) is 28.1 Å². The van der Waals surface area contributed by atoms with E-state index in [0.717, 1.165) is 22.8 Å². The van der Waals surface area contributed by atoms with Gasteiger partial charge in [-0.1, -0.05) is 42.0 Å². The van der Waals surface area contributed by atoms with E-state index in [1.165, 1.54) is 16.0 Å². The average Bonchev–Trinajstić information content (AvgIpc) is 3.36. The number of nitrogens with zero attached hydrogens (tertiary/aromatic N) is 1. The Morgan fingerprint density at radius 1 is 0.920 bits per heavy atom. The molecule has 2 nitrogen and oxygen atoms in total. The third-order valence-electron chi connectivity index (χ3n) is 4.00. The number of aromatic nitrogens is 1. The average molecular weight is 342 g/mol. The van der Waals surface area contributed by atoms with Gasteiger partial charge >= 0.3 is 0 Å². The highest BCUT2D eigenvalue weighted by Crippen LogP contribution is 2.20. The fourth-order valence-corrected chi connectivity index (χ4v) is 3.35. The molecule has 25 heavy (non-hydrogen) atoms. The second-order valence-electron chi connectivity index (χ2n) is 5.99. The fraction of sp³-hybridized carbons (Fsp3) is 0.0455. The first-order valence-corrected chi connectivity index (χ1v) is 9.10. The number of thiophene rings is 1. The van der Waals surface area contributed by atoms with Gasteiger partial charge in [-0.15, -0.1) is 11.3 Å². The van der Waals surface area contributed by atoms with Crippen LogP contribution in [-0.2, 0) is 0 Å². The van der Waals surface area contributed by atoms with Gasteiger partial charge in [0.1, 0.15) is 0 Å². The van der Waals surface area contributed by atoms with E-state index in [4.69, 9.17) is 0 Å². The number of allylic oxidation sites excluding steroid dienone is 2. The molecule has 0 spiro atoms. The second-order valence-corrected chi connectivity index (χ2v) is 6.94. The zero-order valence-electron chi connectivity index (χ0n) is 13.9. The Hall–Kier alpha value is -2.91. The van der Waals surface area contributed by atoms with Crippen molar-refractivity contribution in [2.24, 2.45) is 4.99 Å². The van der Waals surface area contributed by atoms with Crippen LogP contribution in [0.1, 0.15) is 27.4 Å². The maximum absolute atomic E-state index is 4.68. The van der Waals surface area contributed by atoms with Gasteiger partial charge < -0.3 is 4.98 Å². The lowest BCUT2D eigenvalue weighted by Crippen LogP contribution is -1.87. The van der Waals surface area contributed by atoms with Gasteiger partial charge in [-0.25, -0.2) is 4.99 Å². The van der Waals surface area contributed by atoms with Gasteiger partial charge in [0.15, 0.2) is 0 Å². The van der Waals surface area contributed by atoms with Crippen LogP contribution in [0, 0.1) is 6.92 Å². The Balaban J connectivity index is 1.48. The molecule has 122 valence electrons. The van der Waals surface area contributed by atoms with Crippen LogP contribution in [-0.4, -0.2) is 10.7 Å². The van der Waals surface area contributed by atoms with Crippen molar-refractivity contribution in [3.63, 3.8) is 0 Å². The van der Waals surface area contributed by atoms with Crippen LogP contribution in [0.5, 0.6) is 0 Å². The van der Waals surface area contributed by atoms with Gasteiger partial charge in [-0.2, -0.15) is 0 Å². The van der Waals surface area contributed by atoms with Crippen LogP contribution in [0.25, 0.3) is 18.2 Å². The number of rotatable bonds is 4. The molecule has 0 unspecified atom stereocenters. The van der Waals surface area contributed by atoms with Gasteiger partial charge in [0.05, 0.1) is 16.3 Å². The number of benzene rings is 1. The standard InChI is InChI=1S/C22H18N2S/c1-16-4-6-17(7-5-16)8-9-18-10-11-19(23-18)15-20-12-13-21(24-20)22-3-2-14-25-22/h2-15,23H,1H3/b9-8+,20-15?. The number of hydrogen-bond acceptors (Lipinski definition) is 2. The van der Waals surface area contributed by atoms with Crippen LogP contribution in [0.15, 0.2) is 76.8 Å². The maximum Gasteiger partial charge on any atom is 0.0809 e. The van der Waals surface area contributed by atoms with E-state index < -0.39 is 0 Å². The largest absolute Gasteiger partial charge is 0.355 e. The predicted molar refractivity (Wildman–Crippen MR) is 109 cm³/mol. The minimum Gasteiger partial charge on any atom is -0.355 e. The van der Waals surface area contributed by atoms with Crippen molar-refractivity contribution in [1.82, 2.24) is 4.98 Å². The number of aryl methyl sites for hydroxylation is 1. The lowest BCUT2D eigenvalue weighted by Gasteiger charge is -1.94. The van der Waals surface area contributed by atoms with Gasteiger partial charge in [-0.3, -0.25) is 0 Å². The molecule has 3 heterocycles. The molecule has 0 saturated heterocycles. The summed E-state index contributed by atoms with van der Waals surface area (Å²) in [6.45, 7) is 2.10. The molecule has 1 aromatic carbocycles. The number of aliphatic imine (C=N–C) groups is 1. The normalized spacial score (nSPS) is 15.4. The molecule has 0 saturated carbocycles. The molecule has 2 aromatic heterocycles. The third-order valence-corrected chi connectivity index (χ3v) is 4.89. The van der Waals surface area contributed by atoms with Crippen LogP contribution in [0.3, 0.4) is 0 Å². The molecule has 0 amide bonds. The van der Waals surface area contributed by atoms with Crippen molar-refractivity contribution < 1.29 is 0 Å². The zero-order valence-corrected chi connectivity index (χ0v) is 14.8. The van der Waals surface area contributed by atoms with E-state index in [2.05, 4.69) is 101 Å². The zero-order chi connectivity index (χ0) is 17.1. The van der Waals surface area contributed by atoms with Gasteiger partial charge in [-0.05, 0) is 60.4 Å². The Morgan fingerprint density at radius 2 is 1.76 bits per heavy atom. The van der Waals surface area contributed by atoms with Crippen LogP contribution in [0.4, 0.5) is 0 Å². The van der Waals surface area contributed by atoms with Crippen molar-refractivity contribution in [2.45, 2.75) is 6.92 Å². The van der Waals surface area contributed by atoms with Crippen molar-refractivity contribution in [3.05, 3.63) is 99.2 Å². The second kappa shape index (κ2) is 6.91. The molecule has 1 aliphatic heterocycles. The summed E-state index contributed by atoms with van der Waals surface area (Å²) in [6, 6.07) is 16.8. The highest BCUT2D eigenvalue weighted by Gasteiger charge is 2.07. The summed E-state index contributed by atoms with van der Waals surface area (Å²) in [7, 11) is 0. The molecular formula is C22H18N2S. The SMILES string of the molecule is Cc1ccc(/C=C/c2ccc(C=C3C=CC(c4cccs4)=N3)[nH]2)cc1. The molecular weight excluding hydrogens is 324 g/mol. The minimum atomic E-state index is 0.972. The summed E-state index contributed by atoms with van der Waals surface area (Å²) in [5.74, 6) is 0. The Morgan fingerprint density at radius 3 is 2.56 bits per heavy atom. The molecule has 1 N–H and O–H groups in total. The third kappa shape index (κ3) is 3.78. The summed E-state index contributed by atoms with van der Waals surface area (Å²) in [6.07, 6.45) is 10.4. The van der Waals surface area contributed by atoms with Gasteiger partial charge in [0, 0.05) is 11.4 Å². The van der Waals surface area contributed by atoms with Crippen molar-refractivity contribution in [2.75, 3.05) is 0 Å². The number of nitrogens with one attached hydrogen (secondary N) is 1. The molecule has 3 aromatic rings. The Kier molecular flexibility index (Phi) is 4.32. The van der Waals surface area contributed by atoms with E-state index >= 15 is 0 Å². The first-order chi connectivity index (χ1) is 12.3. The monoisotopic (exact) mass is 342 g/mol. The molecule has 0 radical (unpaired) electrons. The van der Waals surface area contributed by atoms with Crippen molar-refractivity contribution in [1.29, 1.82) is 0 Å².